The molecule has 21 heavy (non-hydrogen) atoms. The van der Waals surface area contributed by atoms with Crippen LogP contribution in [0.5, 0.6) is 0 Å². The van der Waals surface area contributed by atoms with Crippen molar-refractivity contribution in [3.63, 3.8) is 0 Å². The molecule has 0 aromatic heterocycles. The van der Waals surface area contributed by atoms with Crippen molar-refractivity contribution in [1.29, 1.82) is 0 Å². The standard InChI is InChI=1S/C14H18F3N3O/c15-14(16,17)11-3-1-2-4-12(11)19-13(21)9-20-7-5-10(18)6-8-20/h1-4,10H,5-9,18H2,(H,19,21). The van der Waals surface area contributed by atoms with E-state index in [-0.39, 0.29) is 18.3 Å². The highest BCUT2D eigenvalue weighted by Crippen LogP contribution is 2.34. The Labute approximate surface area is 121 Å². The highest BCUT2D eigenvalue weighted by atomic mass is 19.4. The average molecular weight is 301 g/mol. The predicted molar refractivity (Wildman–Crippen MR) is 73.7 cm³/mol. The van der Waals surface area contributed by atoms with Crippen LogP contribution in [0.2, 0.25) is 0 Å². The van der Waals surface area contributed by atoms with E-state index < -0.39 is 17.6 Å². The second kappa shape index (κ2) is 6.44. The zero-order chi connectivity index (χ0) is 15.5. The van der Waals surface area contributed by atoms with Gasteiger partial charge in [-0.05, 0) is 25.0 Å². The normalized spacial score (nSPS) is 17.7. The molecule has 1 saturated heterocycles. The minimum absolute atomic E-state index is 0.0823. The number of hydrogen-bond acceptors (Lipinski definition) is 3. The van der Waals surface area contributed by atoms with Crippen LogP contribution in [0.25, 0.3) is 0 Å². The molecule has 1 aliphatic rings. The minimum atomic E-state index is -4.48. The van der Waals surface area contributed by atoms with Gasteiger partial charge in [0.25, 0.3) is 0 Å². The molecule has 2 rings (SSSR count). The van der Waals surface area contributed by atoms with Crippen molar-refractivity contribution in [2.24, 2.45) is 5.73 Å². The Morgan fingerprint density at radius 2 is 1.90 bits per heavy atom. The zero-order valence-electron chi connectivity index (χ0n) is 11.5. The first-order valence-corrected chi connectivity index (χ1v) is 6.80. The molecule has 116 valence electrons. The number of benzene rings is 1. The second-order valence-electron chi connectivity index (χ2n) is 5.21. The van der Waals surface area contributed by atoms with Crippen LogP contribution < -0.4 is 11.1 Å². The summed E-state index contributed by atoms with van der Waals surface area (Å²) in [5.74, 6) is -0.442. The van der Waals surface area contributed by atoms with Crippen molar-refractivity contribution in [1.82, 2.24) is 4.90 Å². The first kappa shape index (κ1) is 15.8. The average Bonchev–Trinajstić information content (AvgIpc) is 2.41. The fourth-order valence-electron chi connectivity index (χ4n) is 2.34. The lowest BCUT2D eigenvalue weighted by molar-refractivity contribution is -0.137. The van der Waals surface area contributed by atoms with Crippen LogP contribution in [0.15, 0.2) is 24.3 Å². The fourth-order valence-corrected chi connectivity index (χ4v) is 2.34. The van der Waals surface area contributed by atoms with Crippen LogP contribution in [0.3, 0.4) is 0 Å². The van der Waals surface area contributed by atoms with Crippen molar-refractivity contribution in [2.75, 3.05) is 25.0 Å². The number of alkyl halides is 3. The number of amides is 1. The highest BCUT2D eigenvalue weighted by molar-refractivity contribution is 5.93. The number of rotatable bonds is 3. The van der Waals surface area contributed by atoms with E-state index in [1.54, 1.807) is 0 Å². The Bertz CT molecular complexity index is 496. The molecule has 0 aliphatic carbocycles. The number of likely N-dealkylation sites (tertiary alicyclic amines) is 1. The largest absolute Gasteiger partial charge is 0.418 e. The predicted octanol–water partition coefficient (Wildman–Crippen LogP) is 2.07. The number of carbonyl (C=O) groups excluding carboxylic acids is 1. The van der Waals surface area contributed by atoms with E-state index in [4.69, 9.17) is 5.73 Å². The maximum atomic E-state index is 12.8. The van der Waals surface area contributed by atoms with Crippen LogP contribution >= 0.6 is 0 Å². The van der Waals surface area contributed by atoms with E-state index in [0.717, 1.165) is 18.9 Å². The molecule has 1 fully saturated rings. The number of nitrogens with one attached hydrogen (secondary N) is 1. The summed E-state index contributed by atoms with van der Waals surface area (Å²) >= 11 is 0. The number of anilines is 1. The number of halogens is 3. The van der Waals surface area contributed by atoms with E-state index in [2.05, 4.69) is 5.32 Å². The first-order chi connectivity index (χ1) is 9.86. The number of piperidine rings is 1. The lowest BCUT2D eigenvalue weighted by Gasteiger charge is -2.29. The Morgan fingerprint density at radius 1 is 1.29 bits per heavy atom. The fraction of sp³-hybridized carbons (Fsp3) is 0.500. The molecule has 1 aliphatic heterocycles. The van der Waals surface area contributed by atoms with Crippen LogP contribution in [0, 0.1) is 0 Å². The van der Waals surface area contributed by atoms with Gasteiger partial charge in [-0.3, -0.25) is 9.69 Å². The van der Waals surface area contributed by atoms with Crippen molar-refractivity contribution in [2.45, 2.75) is 25.1 Å². The zero-order valence-corrected chi connectivity index (χ0v) is 11.5. The van der Waals surface area contributed by atoms with Crippen LogP contribution in [0.4, 0.5) is 18.9 Å². The van der Waals surface area contributed by atoms with E-state index >= 15 is 0 Å². The second-order valence-corrected chi connectivity index (χ2v) is 5.21. The first-order valence-electron chi connectivity index (χ1n) is 6.80. The summed E-state index contributed by atoms with van der Waals surface area (Å²) in [6.45, 7) is 1.46. The third-order valence-corrected chi connectivity index (χ3v) is 3.51. The SMILES string of the molecule is NC1CCN(CC(=O)Nc2ccccc2C(F)(F)F)CC1. The number of nitrogens with zero attached hydrogens (tertiary/aromatic N) is 1. The van der Waals surface area contributed by atoms with Gasteiger partial charge < -0.3 is 11.1 Å². The maximum absolute atomic E-state index is 12.8. The monoisotopic (exact) mass is 301 g/mol. The lowest BCUT2D eigenvalue weighted by atomic mass is 10.1. The molecule has 0 bridgehead atoms. The van der Waals surface area contributed by atoms with E-state index in [0.29, 0.717) is 13.1 Å². The van der Waals surface area contributed by atoms with Crippen LogP contribution in [-0.2, 0) is 11.0 Å². The van der Waals surface area contributed by atoms with Gasteiger partial charge in [0, 0.05) is 19.1 Å². The van der Waals surface area contributed by atoms with E-state index in [9.17, 15) is 18.0 Å². The number of hydrogen-bond donors (Lipinski definition) is 2. The highest BCUT2D eigenvalue weighted by Gasteiger charge is 2.33. The Hall–Kier alpha value is -1.60. The van der Waals surface area contributed by atoms with Crippen molar-refractivity contribution < 1.29 is 18.0 Å². The van der Waals surface area contributed by atoms with Gasteiger partial charge in [0.05, 0.1) is 17.8 Å². The van der Waals surface area contributed by atoms with Crippen molar-refractivity contribution in [3.8, 4) is 0 Å². The molecule has 0 spiro atoms. The van der Waals surface area contributed by atoms with Gasteiger partial charge in [-0.2, -0.15) is 13.2 Å². The van der Waals surface area contributed by atoms with E-state index in [1.165, 1.54) is 18.2 Å². The molecule has 1 aromatic rings. The third kappa shape index (κ3) is 4.44. The summed E-state index contributed by atoms with van der Waals surface area (Å²) in [6.07, 6.45) is -2.89. The van der Waals surface area contributed by atoms with Crippen LogP contribution in [0.1, 0.15) is 18.4 Å². The third-order valence-electron chi connectivity index (χ3n) is 3.51. The minimum Gasteiger partial charge on any atom is -0.328 e. The molecule has 0 atom stereocenters. The van der Waals surface area contributed by atoms with Gasteiger partial charge in [0.1, 0.15) is 0 Å². The molecule has 7 heteroatoms. The van der Waals surface area contributed by atoms with E-state index in [1.807, 2.05) is 4.90 Å². The van der Waals surface area contributed by atoms with Gasteiger partial charge >= 0.3 is 6.18 Å². The molecular formula is C14H18F3N3O. The summed E-state index contributed by atoms with van der Waals surface area (Å²) in [5.41, 5.74) is 4.73. The van der Waals surface area contributed by atoms with Crippen LogP contribution in [-0.4, -0.2) is 36.5 Å². The Balaban J connectivity index is 1.97. The quantitative estimate of drug-likeness (QED) is 0.898. The smallest absolute Gasteiger partial charge is 0.328 e. The Kier molecular flexibility index (Phi) is 4.84. The van der Waals surface area contributed by atoms with Gasteiger partial charge in [-0.1, -0.05) is 12.1 Å². The van der Waals surface area contributed by atoms with Gasteiger partial charge in [0.2, 0.25) is 5.91 Å². The molecule has 0 unspecified atom stereocenters. The summed E-state index contributed by atoms with van der Waals surface area (Å²) < 4.78 is 38.5. The summed E-state index contributed by atoms with van der Waals surface area (Å²) in [6, 6.07) is 5.12. The van der Waals surface area contributed by atoms with Gasteiger partial charge in [-0.15, -0.1) is 0 Å². The molecular weight excluding hydrogens is 283 g/mol. The number of para-hydroxylation sites is 1. The van der Waals surface area contributed by atoms with Crippen molar-refractivity contribution in [3.05, 3.63) is 29.8 Å². The summed E-state index contributed by atoms with van der Waals surface area (Å²) in [5, 5.41) is 2.34. The molecule has 0 radical (unpaired) electrons. The summed E-state index contributed by atoms with van der Waals surface area (Å²) in [7, 11) is 0. The molecule has 3 N–H and O–H groups in total. The lowest BCUT2D eigenvalue weighted by Crippen LogP contribution is -2.43. The molecule has 4 nitrogen and oxygen atoms in total. The Morgan fingerprint density at radius 3 is 2.52 bits per heavy atom. The molecule has 1 aromatic carbocycles. The number of carbonyl (C=O) groups is 1. The van der Waals surface area contributed by atoms with Crippen molar-refractivity contribution >= 4 is 11.6 Å². The molecule has 0 saturated carbocycles. The number of nitrogens with two attached hydrogens (primary N) is 1. The maximum Gasteiger partial charge on any atom is 0.418 e. The molecule has 1 amide bonds. The topological polar surface area (TPSA) is 58.4 Å². The molecule has 1 heterocycles. The van der Waals surface area contributed by atoms with Gasteiger partial charge in [0.15, 0.2) is 0 Å². The summed E-state index contributed by atoms with van der Waals surface area (Å²) in [4.78, 5) is 13.8. The van der Waals surface area contributed by atoms with Gasteiger partial charge in [-0.25, -0.2) is 0 Å².